The predicted molar refractivity (Wildman–Crippen MR) is 92.1 cm³/mol. The van der Waals surface area contributed by atoms with Crippen LogP contribution in [0, 0.1) is 13.8 Å². The summed E-state index contributed by atoms with van der Waals surface area (Å²) in [6, 6.07) is 2.10. The number of hydrogen-bond acceptors (Lipinski definition) is 5. The predicted octanol–water partition coefficient (Wildman–Crippen LogP) is 1.71. The first-order valence-electron chi connectivity index (χ1n) is 8.46. The van der Waals surface area contributed by atoms with Crippen LogP contribution in [-0.4, -0.2) is 44.6 Å². The van der Waals surface area contributed by atoms with Gasteiger partial charge in [-0.25, -0.2) is 15.0 Å². The number of rotatable bonds is 4. The van der Waals surface area contributed by atoms with Crippen LogP contribution in [0.15, 0.2) is 18.5 Å². The molecule has 3 rings (SSSR count). The number of carbonyl (C=O) groups excluding carboxylic acids is 1. The average Bonchev–Trinajstić information content (AvgIpc) is 3.03. The maximum atomic E-state index is 12.5. The molecule has 7 nitrogen and oxygen atoms in total. The minimum Gasteiger partial charge on any atom is -0.354 e. The third-order valence-corrected chi connectivity index (χ3v) is 4.29. The number of carbonyl (C=O) groups is 1. The van der Waals surface area contributed by atoms with E-state index in [1.165, 1.54) is 0 Å². The summed E-state index contributed by atoms with van der Waals surface area (Å²) < 4.78 is 1.85. The summed E-state index contributed by atoms with van der Waals surface area (Å²) in [5.41, 5.74) is 0.966. The lowest BCUT2D eigenvalue weighted by Gasteiger charge is -2.34. The highest BCUT2D eigenvalue weighted by Gasteiger charge is 2.24. The van der Waals surface area contributed by atoms with Crippen LogP contribution in [0.3, 0.4) is 0 Å². The van der Waals surface area contributed by atoms with E-state index < -0.39 is 0 Å². The lowest BCUT2D eigenvalue weighted by Crippen LogP contribution is -2.48. The molecule has 1 amide bonds. The molecule has 2 aromatic rings. The second-order valence-corrected chi connectivity index (χ2v) is 6.21. The standard InChI is InChI=1S/C17H24N6O/c1-4-22-9-7-18-16(22)17(24)21-14-6-5-8-23(11-14)15-10-12(2)19-13(3)20-15/h7,9-10,14H,4-6,8,11H2,1-3H3,(H,21,24). The summed E-state index contributed by atoms with van der Waals surface area (Å²) in [4.78, 5) is 27.7. The third kappa shape index (κ3) is 3.55. The van der Waals surface area contributed by atoms with Gasteiger partial charge in [0.25, 0.3) is 5.91 Å². The molecule has 0 radical (unpaired) electrons. The first-order valence-corrected chi connectivity index (χ1v) is 8.46. The van der Waals surface area contributed by atoms with Crippen LogP contribution in [0.25, 0.3) is 0 Å². The number of aromatic nitrogens is 4. The molecule has 1 aliphatic rings. The van der Waals surface area contributed by atoms with Gasteiger partial charge in [0.2, 0.25) is 0 Å². The Bertz CT molecular complexity index is 705. The summed E-state index contributed by atoms with van der Waals surface area (Å²) in [6.07, 6.45) is 5.49. The summed E-state index contributed by atoms with van der Waals surface area (Å²) >= 11 is 0. The molecule has 0 spiro atoms. The zero-order chi connectivity index (χ0) is 17.1. The molecule has 128 valence electrons. The largest absolute Gasteiger partial charge is 0.354 e. The van der Waals surface area contributed by atoms with Gasteiger partial charge in [-0.2, -0.15) is 0 Å². The molecule has 24 heavy (non-hydrogen) atoms. The molecular formula is C17H24N6O. The fourth-order valence-corrected chi connectivity index (χ4v) is 3.19. The molecule has 1 atom stereocenters. The molecule has 3 heterocycles. The van der Waals surface area contributed by atoms with E-state index in [0.717, 1.165) is 49.8 Å². The topological polar surface area (TPSA) is 75.9 Å². The van der Waals surface area contributed by atoms with E-state index in [0.29, 0.717) is 5.82 Å². The maximum Gasteiger partial charge on any atom is 0.287 e. The summed E-state index contributed by atoms with van der Waals surface area (Å²) in [7, 11) is 0. The van der Waals surface area contributed by atoms with E-state index in [9.17, 15) is 4.79 Å². The number of imidazole rings is 1. The Labute approximate surface area is 142 Å². The van der Waals surface area contributed by atoms with Crippen molar-refractivity contribution in [1.82, 2.24) is 24.8 Å². The molecule has 0 saturated carbocycles. The van der Waals surface area contributed by atoms with E-state index in [1.807, 2.05) is 37.6 Å². The molecule has 7 heteroatoms. The van der Waals surface area contributed by atoms with Crippen molar-refractivity contribution in [2.75, 3.05) is 18.0 Å². The van der Waals surface area contributed by atoms with Gasteiger partial charge in [0, 0.05) is 49.8 Å². The minimum atomic E-state index is -0.108. The molecule has 0 aromatic carbocycles. The first kappa shape index (κ1) is 16.4. The van der Waals surface area contributed by atoms with E-state index in [1.54, 1.807) is 6.20 Å². The van der Waals surface area contributed by atoms with Crippen molar-refractivity contribution in [3.05, 3.63) is 35.8 Å². The fourth-order valence-electron chi connectivity index (χ4n) is 3.19. The van der Waals surface area contributed by atoms with Crippen LogP contribution in [-0.2, 0) is 6.54 Å². The molecule has 0 aliphatic carbocycles. The van der Waals surface area contributed by atoms with E-state index in [-0.39, 0.29) is 11.9 Å². The number of nitrogens with one attached hydrogen (secondary N) is 1. The number of piperidine rings is 1. The Balaban J connectivity index is 1.68. The molecule has 1 aliphatic heterocycles. The molecule has 2 aromatic heterocycles. The van der Waals surface area contributed by atoms with Crippen molar-refractivity contribution in [2.24, 2.45) is 0 Å². The second-order valence-electron chi connectivity index (χ2n) is 6.21. The molecular weight excluding hydrogens is 304 g/mol. The van der Waals surface area contributed by atoms with Crippen LogP contribution in [0.5, 0.6) is 0 Å². The van der Waals surface area contributed by atoms with Gasteiger partial charge in [-0.3, -0.25) is 4.79 Å². The highest BCUT2D eigenvalue weighted by atomic mass is 16.2. The van der Waals surface area contributed by atoms with Crippen molar-refractivity contribution in [3.63, 3.8) is 0 Å². The van der Waals surface area contributed by atoms with Gasteiger partial charge in [0.1, 0.15) is 11.6 Å². The number of aryl methyl sites for hydroxylation is 3. The lowest BCUT2D eigenvalue weighted by atomic mass is 10.1. The Morgan fingerprint density at radius 3 is 2.96 bits per heavy atom. The molecule has 1 unspecified atom stereocenters. The molecule has 1 fully saturated rings. The normalized spacial score (nSPS) is 17.8. The quantitative estimate of drug-likeness (QED) is 0.924. The smallest absolute Gasteiger partial charge is 0.287 e. The number of hydrogen-bond donors (Lipinski definition) is 1. The monoisotopic (exact) mass is 328 g/mol. The van der Waals surface area contributed by atoms with Crippen LogP contribution in [0.2, 0.25) is 0 Å². The summed E-state index contributed by atoms with van der Waals surface area (Å²) in [5, 5.41) is 3.12. The van der Waals surface area contributed by atoms with Gasteiger partial charge in [0.15, 0.2) is 5.82 Å². The Morgan fingerprint density at radius 2 is 2.21 bits per heavy atom. The lowest BCUT2D eigenvalue weighted by molar-refractivity contribution is 0.0918. The van der Waals surface area contributed by atoms with E-state index in [2.05, 4.69) is 25.2 Å². The first-order chi connectivity index (χ1) is 11.6. The van der Waals surface area contributed by atoms with Crippen molar-refractivity contribution >= 4 is 11.7 Å². The maximum absolute atomic E-state index is 12.5. The number of amides is 1. The minimum absolute atomic E-state index is 0.101. The second kappa shape index (κ2) is 6.98. The summed E-state index contributed by atoms with van der Waals surface area (Å²) in [6.45, 7) is 8.33. The molecule has 1 N–H and O–H groups in total. The molecule has 0 bridgehead atoms. The number of nitrogens with zero attached hydrogens (tertiary/aromatic N) is 5. The number of anilines is 1. The highest BCUT2D eigenvalue weighted by Crippen LogP contribution is 2.19. The van der Waals surface area contributed by atoms with Crippen molar-refractivity contribution in [3.8, 4) is 0 Å². The van der Waals surface area contributed by atoms with Crippen molar-refractivity contribution in [1.29, 1.82) is 0 Å². The van der Waals surface area contributed by atoms with Crippen LogP contribution in [0.1, 0.15) is 41.9 Å². The van der Waals surface area contributed by atoms with Crippen LogP contribution in [0.4, 0.5) is 5.82 Å². The van der Waals surface area contributed by atoms with Gasteiger partial charge in [-0.05, 0) is 33.6 Å². The van der Waals surface area contributed by atoms with Crippen LogP contribution < -0.4 is 10.2 Å². The summed E-state index contributed by atoms with van der Waals surface area (Å²) in [5.74, 6) is 2.09. The van der Waals surface area contributed by atoms with Crippen molar-refractivity contribution < 1.29 is 4.79 Å². The van der Waals surface area contributed by atoms with Gasteiger partial charge < -0.3 is 14.8 Å². The van der Waals surface area contributed by atoms with Gasteiger partial charge in [-0.15, -0.1) is 0 Å². The van der Waals surface area contributed by atoms with Gasteiger partial charge in [0.05, 0.1) is 0 Å². The van der Waals surface area contributed by atoms with E-state index in [4.69, 9.17) is 0 Å². The van der Waals surface area contributed by atoms with E-state index >= 15 is 0 Å². The SMILES string of the molecule is CCn1ccnc1C(=O)NC1CCCN(c2cc(C)nc(C)n2)C1. The van der Waals surface area contributed by atoms with Crippen molar-refractivity contribution in [2.45, 2.75) is 46.2 Å². The fraction of sp³-hybridized carbons (Fsp3) is 0.529. The Morgan fingerprint density at radius 1 is 1.38 bits per heavy atom. The van der Waals surface area contributed by atoms with Gasteiger partial charge in [-0.1, -0.05) is 0 Å². The third-order valence-electron chi connectivity index (χ3n) is 4.29. The average molecular weight is 328 g/mol. The zero-order valence-electron chi connectivity index (χ0n) is 14.5. The highest BCUT2D eigenvalue weighted by molar-refractivity contribution is 5.91. The van der Waals surface area contributed by atoms with Gasteiger partial charge >= 0.3 is 0 Å². The molecule has 1 saturated heterocycles. The Hall–Kier alpha value is -2.44. The van der Waals surface area contributed by atoms with Crippen LogP contribution >= 0.6 is 0 Å². The zero-order valence-corrected chi connectivity index (χ0v) is 14.5. The Kier molecular flexibility index (Phi) is 4.78.